The normalized spacial score (nSPS) is 16.8. The third-order valence-corrected chi connectivity index (χ3v) is 3.26. The molecule has 1 aromatic rings. The fraction of sp³-hybridized carbons (Fsp3) is 0.583. The highest BCUT2D eigenvalue weighted by molar-refractivity contribution is 5.92. The Morgan fingerprint density at radius 2 is 2.17 bits per heavy atom. The van der Waals surface area contributed by atoms with Crippen molar-refractivity contribution < 1.29 is 4.74 Å². The molecule has 6 nitrogen and oxygen atoms in total. The van der Waals surface area contributed by atoms with Crippen molar-refractivity contribution in [3.8, 4) is 0 Å². The number of rotatable bonds is 4. The molecule has 0 unspecified atom stereocenters. The highest BCUT2D eigenvalue weighted by Crippen LogP contribution is 2.21. The molecule has 0 radical (unpaired) electrons. The summed E-state index contributed by atoms with van der Waals surface area (Å²) in [6.07, 6.45) is 5.47. The van der Waals surface area contributed by atoms with Crippen LogP contribution < -0.4 is 10.6 Å². The van der Waals surface area contributed by atoms with Crippen molar-refractivity contribution in [3.63, 3.8) is 0 Å². The van der Waals surface area contributed by atoms with Crippen LogP contribution in [0.1, 0.15) is 18.5 Å². The first-order valence-electron chi connectivity index (χ1n) is 6.11. The number of hydrogen-bond donors (Lipinski definition) is 2. The number of amidine groups is 1. The summed E-state index contributed by atoms with van der Waals surface area (Å²) < 4.78 is 5.18. The first kappa shape index (κ1) is 12.8. The van der Waals surface area contributed by atoms with Gasteiger partial charge in [0.1, 0.15) is 17.3 Å². The molecule has 0 atom stereocenters. The first-order valence-corrected chi connectivity index (χ1v) is 6.11. The second-order valence-electron chi connectivity index (χ2n) is 4.56. The van der Waals surface area contributed by atoms with Crippen LogP contribution in [0.3, 0.4) is 0 Å². The Morgan fingerprint density at radius 1 is 1.44 bits per heavy atom. The van der Waals surface area contributed by atoms with Crippen molar-refractivity contribution >= 4 is 11.7 Å². The van der Waals surface area contributed by atoms with Gasteiger partial charge in [0.2, 0.25) is 0 Å². The summed E-state index contributed by atoms with van der Waals surface area (Å²) in [4.78, 5) is 10.6. The molecule has 0 bridgehead atoms. The molecular weight excluding hydrogens is 230 g/mol. The van der Waals surface area contributed by atoms with Crippen LogP contribution in [-0.4, -0.2) is 42.6 Å². The molecule has 1 aliphatic rings. The quantitative estimate of drug-likeness (QED) is 0.603. The van der Waals surface area contributed by atoms with E-state index >= 15 is 0 Å². The van der Waals surface area contributed by atoms with Gasteiger partial charge in [-0.15, -0.1) is 0 Å². The zero-order valence-corrected chi connectivity index (χ0v) is 10.6. The molecule has 0 spiro atoms. The van der Waals surface area contributed by atoms with Gasteiger partial charge in [-0.3, -0.25) is 5.41 Å². The van der Waals surface area contributed by atoms with E-state index in [-0.39, 0.29) is 5.84 Å². The third-order valence-electron chi connectivity index (χ3n) is 3.26. The lowest BCUT2D eigenvalue weighted by molar-refractivity contribution is 0.139. The Kier molecular flexibility index (Phi) is 4.09. The van der Waals surface area contributed by atoms with E-state index in [9.17, 15) is 0 Å². The van der Waals surface area contributed by atoms with E-state index < -0.39 is 0 Å². The van der Waals surface area contributed by atoms with Gasteiger partial charge in [-0.1, -0.05) is 0 Å². The van der Waals surface area contributed by atoms with Gasteiger partial charge in [-0.05, 0) is 18.8 Å². The lowest BCUT2D eigenvalue weighted by Gasteiger charge is -2.32. The van der Waals surface area contributed by atoms with E-state index in [0.29, 0.717) is 11.6 Å². The summed E-state index contributed by atoms with van der Waals surface area (Å²) in [5.41, 5.74) is 5.77. The molecule has 0 saturated carbocycles. The summed E-state index contributed by atoms with van der Waals surface area (Å²) in [5, 5.41) is 7.27. The van der Waals surface area contributed by atoms with Gasteiger partial charge in [-0.25, -0.2) is 9.97 Å². The van der Waals surface area contributed by atoms with Crippen molar-refractivity contribution in [3.05, 3.63) is 18.1 Å². The fourth-order valence-corrected chi connectivity index (χ4v) is 2.19. The minimum atomic E-state index is -0.0483. The van der Waals surface area contributed by atoms with Crippen LogP contribution in [0.25, 0.3) is 0 Å². The van der Waals surface area contributed by atoms with Gasteiger partial charge < -0.3 is 15.4 Å². The van der Waals surface area contributed by atoms with Gasteiger partial charge in [-0.2, -0.15) is 0 Å². The van der Waals surface area contributed by atoms with Crippen molar-refractivity contribution in [2.45, 2.75) is 12.8 Å². The van der Waals surface area contributed by atoms with E-state index in [1.165, 1.54) is 0 Å². The Labute approximate surface area is 107 Å². The van der Waals surface area contributed by atoms with Crippen LogP contribution in [-0.2, 0) is 4.74 Å². The highest BCUT2D eigenvalue weighted by Gasteiger charge is 2.20. The minimum Gasteiger partial charge on any atom is -0.384 e. The van der Waals surface area contributed by atoms with E-state index in [1.807, 2.05) is 0 Å². The number of aromatic nitrogens is 2. The van der Waals surface area contributed by atoms with Crippen molar-refractivity contribution in [1.82, 2.24) is 9.97 Å². The van der Waals surface area contributed by atoms with Gasteiger partial charge in [0, 0.05) is 26.8 Å². The topological polar surface area (TPSA) is 88.1 Å². The summed E-state index contributed by atoms with van der Waals surface area (Å²) in [5.74, 6) is 1.46. The maximum Gasteiger partial charge on any atom is 0.147 e. The van der Waals surface area contributed by atoms with E-state index in [2.05, 4.69) is 14.9 Å². The standard InChI is InChI=1S/C12H19N5O/c1-18-8-9-2-4-17(5-3-9)11-7-15-10(6-16-11)12(13)14/h6-7,9H,2-5,8H2,1H3,(H3,13,14). The van der Waals surface area contributed by atoms with Crippen molar-refractivity contribution in [2.75, 3.05) is 31.7 Å². The van der Waals surface area contributed by atoms with Gasteiger partial charge >= 0.3 is 0 Å². The minimum absolute atomic E-state index is 0.0483. The molecule has 1 aliphatic heterocycles. The number of nitrogen functional groups attached to an aromatic ring is 1. The van der Waals surface area contributed by atoms with Crippen LogP contribution in [0, 0.1) is 11.3 Å². The zero-order valence-electron chi connectivity index (χ0n) is 10.6. The number of nitrogens with two attached hydrogens (primary N) is 1. The van der Waals surface area contributed by atoms with Crippen LogP contribution >= 0.6 is 0 Å². The van der Waals surface area contributed by atoms with Gasteiger partial charge in [0.15, 0.2) is 0 Å². The van der Waals surface area contributed by atoms with Crippen LogP contribution in [0.15, 0.2) is 12.4 Å². The zero-order chi connectivity index (χ0) is 13.0. The Balaban J connectivity index is 1.95. The fourth-order valence-electron chi connectivity index (χ4n) is 2.19. The van der Waals surface area contributed by atoms with Gasteiger partial charge in [0.05, 0.1) is 12.4 Å². The van der Waals surface area contributed by atoms with Crippen LogP contribution in [0.5, 0.6) is 0 Å². The number of anilines is 1. The van der Waals surface area contributed by atoms with Crippen LogP contribution in [0.4, 0.5) is 5.82 Å². The molecular formula is C12H19N5O. The number of ether oxygens (including phenoxy) is 1. The second kappa shape index (κ2) is 5.77. The number of nitrogens with one attached hydrogen (secondary N) is 1. The number of methoxy groups -OCH3 is 1. The molecule has 0 aromatic carbocycles. The monoisotopic (exact) mass is 249 g/mol. The molecule has 2 heterocycles. The maximum atomic E-state index is 7.27. The van der Waals surface area contributed by atoms with Crippen molar-refractivity contribution in [2.24, 2.45) is 11.7 Å². The first-order chi connectivity index (χ1) is 8.70. The van der Waals surface area contributed by atoms with Crippen molar-refractivity contribution in [1.29, 1.82) is 5.41 Å². The maximum absolute atomic E-state index is 7.27. The molecule has 1 aromatic heterocycles. The largest absolute Gasteiger partial charge is 0.384 e. The highest BCUT2D eigenvalue weighted by atomic mass is 16.5. The molecule has 0 aliphatic carbocycles. The summed E-state index contributed by atoms with van der Waals surface area (Å²) in [6.45, 7) is 2.78. The molecule has 0 amide bonds. The number of hydrogen-bond acceptors (Lipinski definition) is 5. The SMILES string of the molecule is COCC1CCN(c2cnc(C(=N)N)cn2)CC1. The predicted molar refractivity (Wildman–Crippen MR) is 69.9 cm³/mol. The van der Waals surface area contributed by atoms with E-state index in [1.54, 1.807) is 19.5 Å². The Bertz CT molecular complexity index is 397. The van der Waals surface area contributed by atoms with E-state index in [4.69, 9.17) is 15.9 Å². The Morgan fingerprint density at radius 3 is 2.67 bits per heavy atom. The van der Waals surface area contributed by atoms with Gasteiger partial charge in [0.25, 0.3) is 0 Å². The smallest absolute Gasteiger partial charge is 0.147 e. The average molecular weight is 249 g/mol. The van der Waals surface area contributed by atoms with E-state index in [0.717, 1.165) is 38.4 Å². The molecule has 3 N–H and O–H groups in total. The molecule has 6 heteroatoms. The Hall–Kier alpha value is -1.69. The predicted octanol–water partition coefficient (Wildman–Crippen LogP) is 0.623. The lowest BCUT2D eigenvalue weighted by atomic mass is 9.98. The summed E-state index contributed by atoms with van der Waals surface area (Å²) in [7, 11) is 1.75. The van der Waals surface area contributed by atoms with Crippen LogP contribution in [0.2, 0.25) is 0 Å². The number of nitrogens with zero attached hydrogens (tertiary/aromatic N) is 3. The average Bonchev–Trinajstić information content (AvgIpc) is 2.40. The lowest BCUT2D eigenvalue weighted by Crippen LogP contribution is -2.35. The molecule has 18 heavy (non-hydrogen) atoms. The number of piperidine rings is 1. The summed E-state index contributed by atoms with van der Waals surface area (Å²) in [6, 6.07) is 0. The molecule has 98 valence electrons. The molecule has 1 saturated heterocycles. The molecule has 2 rings (SSSR count). The molecule has 1 fully saturated rings. The second-order valence-corrected chi connectivity index (χ2v) is 4.56. The summed E-state index contributed by atoms with van der Waals surface area (Å²) >= 11 is 0. The third kappa shape index (κ3) is 2.95.